The van der Waals surface area contributed by atoms with Gasteiger partial charge in [0.05, 0.1) is 21.5 Å². The van der Waals surface area contributed by atoms with E-state index >= 15 is 0 Å². The summed E-state index contributed by atoms with van der Waals surface area (Å²) in [4.78, 5) is 19.8. The first-order valence-electron chi connectivity index (χ1n) is 10.9. The van der Waals surface area contributed by atoms with Crippen LogP contribution in [-0.4, -0.2) is 57.6 Å². The number of aromatic nitrogens is 2. The lowest BCUT2D eigenvalue weighted by Gasteiger charge is -2.42. The predicted molar refractivity (Wildman–Crippen MR) is 126 cm³/mol. The Balaban J connectivity index is 1.48. The Morgan fingerprint density at radius 2 is 2.09 bits per heavy atom. The minimum atomic E-state index is -4.38. The van der Waals surface area contributed by atoms with Gasteiger partial charge in [-0.05, 0) is 30.5 Å². The number of thiazole rings is 1. The Hall–Kier alpha value is -2.44. The Morgan fingerprint density at radius 1 is 1.29 bits per heavy atom. The second kappa shape index (κ2) is 10.0. The van der Waals surface area contributed by atoms with Gasteiger partial charge in [-0.2, -0.15) is 17.5 Å². The van der Waals surface area contributed by atoms with Crippen molar-refractivity contribution in [3.8, 4) is 5.06 Å². The fourth-order valence-corrected chi connectivity index (χ4v) is 5.79. The zero-order chi connectivity index (χ0) is 24.5. The van der Waals surface area contributed by atoms with Gasteiger partial charge in [-0.25, -0.2) is 9.78 Å². The third-order valence-corrected chi connectivity index (χ3v) is 7.32. The molecule has 0 radical (unpaired) electrons. The van der Waals surface area contributed by atoms with E-state index in [2.05, 4.69) is 33.0 Å². The molecule has 2 aromatic heterocycles. The van der Waals surface area contributed by atoms with Gasteiger partial charge in [0.2, 0.25) is 0 Å². The van der Waals surface area contributed by atoms with E-state index < -0.39 is 24.3 Å². The number of rotatable bonds is 8. The maximum absolute atomic E-state index is 13.1. The van der Waals surface area contributed by atoms with Crippen molar-refractivity contribution < 1.29 is 27.8 Å². The number of aliphatic carboxylic acids is 1. The lowest BCUT2D eigenvalue weighted by molar-refractivity contribution is -0.139. The quantitative estimate of drug-likeness (QED) is 0.455. The number of carbonyl (C=O) groups is 1. The number of hydrogen-bond acceptors (Lipinski definition) is 8. The number of hydrogen-bond donors (Lipinski definition) is 1. The van der Waals surface area contributed by atoms with Crippen molar-refractivity contribution in [2.24, 2.45) is 5.92 Å². The number of carboxylic acids is 1. The van der Waals surface area contributed by atoms with Gasteiger partial charge in [-0.3, -0.25) is 4.90 Å². The molecule has 0 saturated carbocycles. The summed E-state index contributed by atoms with van der Waals surface area (Å²) >= 11 is 2.44. The van der Waals surface area contributed by atoms with Gasteiger partial charge >= 0.3 is 12.1 Å². The summed E-state index contributed by atoms with van der Waals surface area (Å²) in [5, 5.41) is 9.97. The standard InChI is InChI=1S/C22H25F3N4O3S2/c1-13(2)7-16-11-28(10-15-9-20(34-27-15)32-12-19(30)31)5-6-29(16)21-26-17-4-3-14(22(23,24)25)8-18(17)33-21/h3-4,8-9,13,16H,5-7,10-12H2,1-2H3,(H,30,31)/t16-/m1/s1. The van der Waals surface area contributed by atoms with Gasteiger partial charge in [0.15, 0.2) is 16.8 Å². The fourth-order valence-electron chi connectivity index (χ4n) is 4.07. The summed E-state index contributed by atoms with van der Waals surface area (Å²) < 4.78 is 49.4. The molecule has 1 fully saturated rings. The molecule has 7 nitrogen and oxygen atoms in total. The highest BCUT2D eigenvalue weighted by atomic mass is 32.1. The number of ether oxygens (including phenoxy) is 1. The lowest BCUT2D eigenvalue weighted by atomic mass is 10.0. The molecule has 0 amide bonds. The van der Waals surface area contributed by atoms with E-state index in [-0.39, 0.29) is 6.04 Å². The molecule has 0 bridgehead atoms. The molecule has 34 heavy (non-hydrogen) atoms. The third-order valence-electron chi connectivity index (χ3n) is 5.52. The van der Waals surface area contributed by atoms with E-state index in [1.807, 2.05) is 0 Å². The molecule has 3 aromatic rings. The van der Waals surface area contributed by atoms with Crippen molar-refractivity contribution in [2.45, 2.75) is 39.0 Å². The second-order valence-corrected chi connectivity index (χ2v) is 10.5. The molecule has 1 saturated heterocycles. The number of benzene rings is 1. The smallest absolute Gasteiger partial charge is 0.416 e. The van der Waals surface area contributed by atoms with Crippen LogP contribution in [0.2, 0.25) is 0 Å². The molecular formula is C22H25F3N4O3S2. The van der Waals surface area contributed by atoms with Crippen molar-refractivity contribution in [3.63, 3.8) is 0 Å². The summed E-state index contributed by atoms with van der Waals surface area (Å²) in [7, 11) is 0. The van der Waals surface area contributed by atoms with Gasteiger partial charge in [0, 0.05) is 49.8 Å². The van der Waals surface area contributed by atoms with Gasteiger partial charge < -0.3 is 14.7 Å². The average molecular weight is 515 g/mol. The van der Waals surface area contributed by atoms with Crippen molar-refractivity contribution in [3.05, 3.63) is 35.5 Å². The Kier molecular flexibility index (Phi) is 7.29. The van der Waals surface area contributed by atoms with Crippen molar-refractivity contribution in [1.82, 2.24) is 14.3 Å². The number of nitrogens with zero attached hydrogens (tertiary/aromatic N) is 4. The number of halogens is 3. The van der Waals surface area contributed by atoms with Crippen LogP contribution in [0.1, 0.15) is 31.5 Å². The minimum absolute atomic E-state index is 0.165. The molecule has 184 valence electrons. The summed E-state index contributed by atoms with van der Waals surface area (Å²) in [6.45, 7) is 6.74. The Labute approximate surface area is 202 Å². The van der Waals surface area contributed by atoms with Gasteiger partial charge in [-0.1, -0.05) is 25.2 Å². The molecule has 1 aliphatic heterocycles. The van der Waals surface area contributed by atoms with Crippen LogP contribution in [0.4, 0.5) is 18.3 Å². The molecule has 1 N–H and O–H groups in total. The van der Waals surface area contributed by atoms with Gasteiger partial charge in [0.1, 0.15) is 0 Å². The number of piperazine rings is 1. The maximum atomic E-state index is 13.1. The highest BCUT2D eigenvalue weighted by Crippen LogP contribution is 2.37. The van der Waals surface area contributed by atoms with Crippen LogP contribution < -0.4 is 9.64 Å². The van der Waals surface area contributed by atoms with Crippen LogP contribution in [0.25, 0.3) is 10.2 Å². The zero-order valence-corrected chi connectivity index (χ0v) is 20.3. The second-order valence-electron chi connectivity index (χ2n) is 8.71. The summed E-state index contributed by atoms with van der Waals surface area (Å²) in [5.41, 5.74) is 0.741. The van der Waals surface area contributed by atoms with E-state index in [1.54, 1.807) is 6.07 Å². The molecule has 1 aliphatic rings. The first kappa shape index (κ1) is 24.7. The van der Waals surface area contributed by atoms with E-state index in [0.717, 1.165) is 47.9 Å². The van der Waals surface area contributed by atoms with Crippen LogP contribution in [-0.2, 0) is 17.5 Å². The van der Waals surface area contributed by atoms with Crippen molar-refractivity contribution in [1.29, 1.82) is 0 Å². The summed E-state index contributed by atoms with van der Waals surface area (Å²) in [6.07, 6.45) is -3.46. The van der Waals surface area contributed by atoms with Crippen LogP contribution in [0.15, 0.2) is 24.3 Å². The lowest BCUT2D eigenvalue weighted by Crippen LogP contribution is -2.53. The highest BCUT2D eigenvalue weighted by molar-refractivity contribution is 7.22. The fraction of sp³-hybridized carbons (Fsp3) is 0.500. The van der Waals surface area contributed by atoms with Crippen LogP contribution in [0.5, 0.6) is 5.06 Å². The number of alkyl halides is 3. The largest absolute Gasteiger partial charge is 0.479 e. The van der Waals surface area contributed by atoms with E-state index in [0.29, 0.717) is 34.3 Å². The SMILES string of the molecule is CC(C)C[C@@H]1CN(Cc2cc(OCC(=O)O)sn2)CCN1c1nc2ccc(C(F)(F)F)cc2s1. The summed E-state index contributed by atoms with van der Waals surface area (Å²) in [6, 6.07) is 5.63. The number of carboxylic acid groups (broad SMARTS) is 1. The molecular weight excluding hydrogens is 489 g/mol. The molecule has 12 heteroatoms. The van der Waals surface area contributed by atoms with E-state index in [9.17, 15) is 18.0 Å². The zero-order valence-electron chi connectivity index (χ0n) is 18.7. The monoisotopic (exact) mass is 514 g/mol. The average Bonchev–Trinajstić information content (AvgIpc) is 3.37. The van der Waals surface area contributed by atoms with Crippen molar-refractivity contribution in [2.75, 3.05) is 31.1 Å². The molecule has 0 spiro atoms. The first-order chi connectivity index (χ1) is 16.1. The van der Waals surface area contributed by atoms with Gasteiger partial charge in [0.25, 0.3) is 0 Å². The molecule has 1 aromatic carbocycles. The number of anilines is 1. The Morgan fingerprint density at radius 3 is 2.79 bits per heavy atom. The van der Waals surface area contributed by atoms with Crippen LogP contribution >= 0.6 is 22.9 Å². The first-order valence-corrected chi connectivity index (χ1v) is 12.4. The Bertz CT molecular complexity index is 1150. The predicted octanol–water partition coefficient (Wildman–Crippen LogP) is 4.97. The third kappa shape index (κ3) is 5.97. The van der Waals surface area contributed by atoms with Crippen LogP contribution in [0.3, 0.4) is 0 Å². The molecule has 1 atom stereocenters. The number of fused-ring (bicyclic) bond motifs is 1. The maximum Gasteiger partial charge on any atom is 0.416 e. The topological polar surface area (TPSA) is 78.8 Å². The van der Waals surface area contributed by atoms with Crippen molar-refractivity contribution >= 4 is 44.2 Å². The van der Waals surface area contributed by atoms with Gasteiger partial charge in [-0.15, -0.1) is 0 Å². The molecule has 0 aliphatic carbocycles. The molecule has 0 unspecified atom stereocenters. The molecule has 4 rings (SSSR count). The summed E-state index contributed by atoms with van der Waals surface area (Å²) in [5.74, 6) is -0.596. The normalized spacial score (nSPS) is 17.6. The van der Waals surface area contributed by atoms with Crippen LogP contribution in [0, 0.1) is 5.92 Å². The molecule has 3 heterocycles. The minimum Gasteiger partial charge on any atom is -0.479 e. The highest BCUT2D eigenvalue weighted by Gasteiger charge is 2.32. The van der Waals surface area contributed by atoms with E-state index in [1.165, 1.54) is 23.5 Å². The van der Waals surface area contributed by atoms with E-state index in [4.69, 9.17) is 9.84 Å².